The van der Waals surface area contributed by atoms with Crippen molar-refractivity contribution in [2.75, 3.05) is 13.2 Å². The van der Waals surface area contributed by atoms with Crippen LogP contribution < -0.4 is 9.47 Å². The molecule has 1 heterocycles. The Labute approximate surface area is 214 Å². The molecular formula is C29H28FNO4S. The maximum Gasteiger partial charge on any atom is 0.293 e. The lowest BCUT2D eigenvalue weighted by molar-refractivity contribution is -0.123. The number of carbonyl (C=O) groups is 2. The predicted octanol–water partition coefficient (Wildman–Crippen LogP) is 6.95. The Balaban J connectivity index is 1.34. The molecule has 0 radical (unpaired) electrons. The van der Waals surface area contributed by atoms with Gasteiger partial charge in [0.05, 0.1) is 11.4 Å². The van der Waals surface area contributed by atoms with Crippen molar-refractivity contribution in [3.8, 4) is 11.5 Å². The van der Waals surface area contributed by atoms with Crippen molar-refractivity contribution < 1.29 is 23.5 Å². The third-order valence-electron chi connectivity index (χ3n) is 5.73. The zero-order chi connectivity index (χ0) is 25.7. The van der Waals surface area contributed by atoms with Gasteiger partial charge in [-0.2, -0.15) is 0 Å². The Hall–Kier alpha value is -3.58. The summed E-state index contributed by atoms with van der Waals surface area (Å²) in [6, 6.07) is 19.5. The van der Waals surface area contributed by atoms with E-state index in [-0.39, 0.29) is 30.1 Å². The molecule has 2 amide bonds. The van der Waals surface area contributed by atoms with Crippen LogP contribution in [0.3, 0.4) is 0 Å². The van der Waals surface area contributed by atoms with Crippen LogP contribution in [0, 0.1) is 12.7 Å². The van der Waals surface area contributed by atoms with E-state index in [0.717, 1.165) is 39.8 Å². The molecule has 0 unspecified atom stereocenters. The molecule has 0 spiro atoms. The molecule has 5 nitrogen and oxygen atoms in total. The van der Waals surface area contributed by atoms with E-state index in [4.69, 9.17) is 9.47 Å². The largest absolute Gasteiger partial charge is 0.491 e. The van der Waals surface area contributed by atoms with Crippen molar-refractivity contribution in [2.24, 2.45) is 0 Å². The lowest BCUT2D eigenvalue weighted by Crippen LogP contribution is -2.32. The molecule has 0 saturated carbocycles. The highest BCUT2D eigenvalue weighted by Crippen LogP contribution is 2.33. The second-order valence-electron chi connectivity index (χ2n) is 8.86. The van der Waals surface area contributed by atoms with Crippen molar-refractivity contribution in [3.63, 3.8) is 0 Å². The van der Waals surface area contributed by atoms with Gasteiger partial charge in [0.1, 0.15) is 30.5 Å². The monoisotopic (exact) mass is 505 g/mol. The van der Waals surface area contributed by atoms with Crippen LogP contribution in [0.15, 0.2) is 71.6 Å². The van der Waals surface area contributed by atoms with E-state index in [1.54, 1.807) is 30.3 Å². The lowest BCUT2D eigenvalue weighted by atomic mass is 10.0. The van der Waals surface area contributed by atoms with Crippen molar-refractivity contribution in [1.29, 1.82) is 0 Å². The number of imide groups is 1. The van der Waals surface area contributed by atoms with Crippen LogP contribution in [0.25, 0.3) is 6.08 Å². The fourth-order valence-corrected chi connectivity index (χ4v) is 4.61. The Morgan fingerprint density at radius 3 is 2.39 bits per heavy atom. The summed E-state index contributed by atoms with van der Waals surface area (Å²) in [5.41, 5.74) is 3.84. The summed E-state index contributed by atoms with van der Waals surface area (Å²) in [6.45, 7) is 6.94. The first-order chi connectivity index (χ1) is 17.3. The maximum atomic E-state index is 13.0. The highest BCUT2D eigenvalue weighted by Gasteiger charge is 2.34. The van der Waals surface area contributed by atoms with Crippen LogP contribution in [0.4, 0.5) is 9.18 Å². The summed E-state index contributed by atoms with van der Waals surface area (Å²) in [5, 5.41) is -0.303. The first-order valence-corrected chi connectivity index (χ1v) is 12.6. The van der Waals surface area contributed by atoms with Gasteiger partial charge in [0, 0.05) is 0 Å². The zero-order valence-corrected chi connectivity index (χ0v) is 21.3. The van der Waals surface area contributed by atoms with E-state index >= 15 is 0 Å². The molecule has 0 bridgehead atoms. The minimum Gasteiger partial charge on any atom is -0.491 e. The SMILES string of the molecule is Cc1ccc(C(C)C)c(OCCN2C(=O)S/C(=C\c3ccc(OCc4ccc(F)cc4)cc3)C2=O)c1. The molecule has 1 aliphatic rings. The average molecular weight is 506 g/mol. The van der Waals surface area contributed by atoms with Crippen molar-refractivity contribution in [3.05, 3.63) is 99.7 Å². The van der Waals surface area contributed by atoms with Gasteiger partial charge in [-0.3, -0.25) is 14.5 Å². The van der Waals surface area contributed by atoms with Gasteiger partial charge in [0.15, 0.2) is 0 Å². The van der Waals surface area contributed by atoms with E-state index in [2.05, 4.69) is 19.9 Å². The molecule has 36 heavy (non-hydrogen) atoms. The highest BCUT2D eigenvalue weighted by atomic mass is 32.2. The van der Waals surface area contributed by atoms with Gasteiger partial charge in [-0.1, -0.05) is 50.2 Å². The van der Waals surface area contributed by atoms with Crippen molar-refractivity contribution >= 4 is 29.0 Å². The van der Waals surface area contributed by atoms with Gasteiger partial charge in [0.25, 0.3) is 11.1 Å². The molecule has 7 heteroatoms. The summed E-state index contributed by atoms with van der Waals surface area (Å²) in [4.78, 5) is 26.9. The molecule has 0 N–H and O–H groups in total. The van der Waals surface area contributed by atoms with Crippen LogP contribution in [-0.4, -0.2) is 29.2 Å². The Morgan fingerprint density at radius 1 is 0.972 bits per heavy atom. The van der Waals surface area contributed by atoms with Gasteiger partial charge in [-0.05, 0) is 83.3 Å². The molecule has 186 valence electrons. The number of aryl methyl sites for hydroxylation is 1. The van der Waals surface area contributed by atoms with Crippen LogP contribution in [0.2, 0.25) is 0 Å². The Morgan fingerprint density at radius 2 is 1.69 bits per heavy atom. The number of thioether (sulfide) groups is 1. The first kappa shape index (κ1) is 25.5. The normalized spacial score (nSPS) is 14.7. The third kappa shape index (κ3) is 6.34. The van der Waals surface area contributed by atoms with E-state index in [1.807, 2.05) is 31.2 Å². The number of rotatable bonds is 9. The fourth-order valence-electron chi connectivity index (χ4n) is 3.74. The minimum atomic E-state index is -0.321. The van der Waals surface area contributed by atoms with Crippen LogP contribution in [-0.2, 0) is 11.4 Å². The number of carbonyl (C=O) groups excluding carboxylic acids is 2. The minimum absolute atomic E-state index is 0.184. The standard InChI is InChI=1S/C29H28FNO4S/c1-19(2)25-13-4-20(3)16-26(25)34-15-14-31-28(32)27(36-29(31)33)17-21-7-11-24(12-8-21)35-18-22-5-9-23(30)10-6-22/h4-13,16-17,19H,14-15,18H2,1-3H3/b27-17-. The van der Waals surface area contributed by atoms with Gasteiger partial charge in [0.2, 0.25) is 0 Å². The average Bonchev–Trinajstić information content (AvgIpc) is 3.12. The molecule has 3 aromatic rings. The molecule has 4 rings (SSSR count). The van der Waals surface area contributed by atoms with Gasteiger partial charge < -0.3 is 9.47 Å². The quantitative estimate of drug-likeness (QED) is 0.295. The Kier molecular flexibility index (Phi) is 8.10. The molecule has 0 aliphatic carbocycles. The highest BCUT2D eigenvalue weighted by molar-refractivity contribution is 8.18. The maximum absolute atomic E-state index is 13.0. The number of amides is 2. The van der Waals surface area contributed by atoms with Gasteiger partial charge >= 0.3 is 0 Å². The zero-order valence-electron chi connectivity index (χ0n) is 20.5. The summed E-state index contributed by atoms with van der Waals surface area (Å²) in [6.07, 6.45) is 1.70. The second-order valence-corrected chi connectivity index (χ2v) is 9.86. The van der Waals surface area contributed by atoms with Gasteiger partial charge in [-0.15, -0.1) is 0 Å². The number of benzene rings is 3. The molecule has 0 atom stereocenters. The fraction of sp³-hybridized carbons (Fsp3) is 0.241. The topological polar surface area (TPSA) is 55.8 Å². The summed E-state index contributed by atoms with van der Waals surface area (Å²) in [5.74, 6) is 1.14. The van der Waals surface area contributed by atoms with Crippen LogP contribution in [0.5, 0.6) is 11.5 Å². The first-order valence-electron chi connectivity index (χ1n) is 11.8. The molecule has 1 aliphatic heterocycles. The molecular weight excluding hydrogens is 477 g/mol. The van der Waals surface area contributed by atoms with Crippen molar-refractivity contribution in [2.45, 2.75) is 33.3 Å². The number of hydrogen-bond acceptors (Lipinski definition) is 5. The summed E-state index contributed by atoms with van der Waals surface area (Å²) < 4.78 is 24.7. The van der Waals surface area contributed by atoms with E-state index in [1.165, 1.54) is 17.0 Å². The van der Waals surface area contributed by atoms with E-state index < -0.39 is 0 Å². The summed E-state index contributed by atoms with van der Waals surface area (Å²) >= 11 is 0.927. The van der Waals surface area contributed by atoms with Gasteiger partial charge in [-0.25, -0.2) is 4.39 Å². The molecule has 1 fully saturated rings. The second kappa shape index (κ2) is 11.4. The number of nitrogens with zero attached hydrogens (tertiary/aromatic N) is 1. The lowest BCUT2D eigenvalue weighted by Gasteiger charge is -2.17. The number of hydrogen-bond donors (Lipinski definition) is 0. The summed E-state index contributed by atoms with van der Waals surface area (Å²) in [7, 11) is 0. The van der Waals surface area contributed by atoms with E-state index in [9.17, 15) is 14.0 Å². The molecule has 0 aromatic heterocycles. The van der Waals surface area contributed by atoms with E-state index in [0.29, 0.717) is 23.2 Å². The predicted molar refractivity (Wildman–Crippen MR) is 141 cm³/mol. The number of ether oxygens (including phenoxy) is 2. The van der Waals surface area contributed by atoms with Crippen LogP contribution >= 0.6 is 11.8 Å². The number of halogens is 1. The van der Waals surface area contributed by atoms with Crippen LogP contribution in [0.1, 0.15) is 42.0 Å². The molecule has 3 aromatic carbocycles. The third-order valence-corrected chi connectivity index (χ3v) is 6.64. The van der Waals surface area contributed by atoms with Crippen molar-refractivity contribution in [1.82, 2.24) is 4.90 Å². The Bertz CT molecular complexity index is 1270. The molecule has 1 saturated heterocycles. The smallest absolute Gasteiger partial charge is 0.293 e.